The highest BCUT2D eigenvalue weighted by Crippen LogP contribution is 2.26. The van der Waals surface area contributed by atoms with Gasteiger partial charge in [-0.25, -0.2) is 0 Å². The van der Waals surface area contributed by atoms with Crippen LogP contribution < -0.4 is 9.71 Å². The average Bonchev–Trinajstić information content (AvgIpc) is 2.74. The van der Waals surface area contributed by atoms with Crippen LogP contribution >= 0.6 is 11.3 Å². The molecule has 1 atom stereocenters. The summed E-state index contributed by atoms with van der Waals surface area (Å²) < 4.78 is 64.8. The lowest BCUT2D eigenvalue weighted by Gasteiger charge is -2.01. The summed E-state index contributed by atoms with van der Waals surface area (Å²) in [6.07, 6.45) is 1.11. The third-order valence-corrected chi connectivity index (χ3v) is 5.11. The number of carbonyl (C=O) groups excluding carboxylic acids is 1. The minimum Gasteiger partial charge on any atom is -0.418 e. The average molecular weight is 372 g/mol. The van der Waals surface area contributed by atoms with Crippen molar-refractivity contribution in [2.45, 2.75) is 12.8 Å². The predicted molar refractivity (Wildman–Crippen MR) is 80.1 cm³/mol. The molecule has 1 amide bonds. The Kier molecular flexibility index (Phi) is 5.75. The lowest BCUT2D eigenvalue weighted by atomic mass is 10.2. The van der Waals surface area contributed by atoms with Gasteiger partial charge in [-0.2, -0.15) is 8.42 Å². The van der Waals surface area contributed by atoms with Crippen molar-refractivity contribution in [3.63, 3.8) is 0 Å². The molecule has 5 nitrogen and oxygen atoms in total. The molecule has 0 spiro atoms. The summed E-state index contributed by atoms with van der Waals surface area (Å²) in [6.45, 7) is 1.61. The van der Waals surface area contributed by atoms with E-state index in [1.807, 2.05) is 12.1 Å². The summed E-state index contributed by atoms with van der Waals surface area (Å²) >= 11 is 1.27. The van der Waals surface area contributed by atoms with Gasteiger partial charge < -0.3 is 23.0 Å². The van der Waals surface area contributed by atoms with Crippen molar-refractivity contribution >= 4 is 44.7 Å². The summed E-state index contributed by atoms with van der Waals surface area (Å²) in [5.74, 6) is -1.18. The SMILES string of the molecule is CC(C(N)=O)c1sc2ccccc2[n+]1S(C)(=O)=O.F[B-](F)(F)F. The lowest BCUT2D eigenvalue weighted by Crippen LogP contribution is -2.45. The van der Waals surface area contributed by atoms with Gasteiger partial charge in [0, 0.05) is 6.07 Å². The summed E-state index contributed by atoms with van der Waals surface area (Å²) in [4.78, 5) is 11.3. The maximum atomic E-state index is 11.9. The number of nitrogens with zero attached hydrogens (tertiary/aromatic N) is 1. The van der Waals surface area contributed by atoms with E-state index in [1.165, 1.54) is 15.3 Å². The monoisotopic (exact) mass is 372 g/mol. The minimum absolute atomic E-state index is 0.436. The topological polar surface area (TPSA) is 81.1 Å². The number of hydrogen-bond donors (Lipinski definition) is 1. The fourth-order valence-electron chi connectivity index (χ4n) is 1.71. The summed E-state index contributed by atoms with van der Waals surface area (Å²) in [5, 5.41) is 0.436. The molecule has 1 aromatic heterocycles. The molecule has 12 heteroatoms. The Hall–Kier alpha value is -1.69. The van der Waals surface area contributed by atoms with Crippen LogP contribution in [0.2, 0.25) is 0 Å². The van der Waals surface area contributed by atoms with Crippen LogP contribution in [0.25, 0.3) is 10.2 Å². The first-order chi connectivity index (χ1) is 10.3. The number of rotatable bonds is 3. The molecule has 1 aromatic carbocycles. The molecule has 1 heterocycles. The Labute approximate surface area is 133 Å². The maximum Gasteiger partial charge on any atom is 0.673 e. The second-order valence-electron chi connectivity index (χ2n) is 4.55. The molecule has 1 unspecified atom stereocenters. The Balaban J connectivity index is 0.000000463. The Morgan fingerprint density at radius 2 is 1.74 bits per heavy atom. The van der Waals surface area contributed by atoms with Crippen molar-refractivity contribution in [1.29, 1.82) is 0 Å². The first kappa shape index (κ1) is 19.4. The molecule has 0 saturated carbocycles. The second-order valence-corrected chi connectivity index (χ2v) is 7.45. The van der Waals surface area contributed by atoms with Gasteiger partial charge in [0.05, 0.1) is 6.26 Å². The van der Waals surface area contributed by atoms with Crippen LogP contribution in [0.1, 0.15) is 17.8 Å². The zero-order chi connectivity index (χ0) is 18.0. The molecule has 23 heavy (non-hydrogen) atoms. The van der Waals surface area contributed by atoms with Gasteiger partial charge in [-0.3, -0.25) is 4.79 Å². The first-order valence-corrected chi connectivity index (χ1v) is 8.79. The van der Waals surface area contributed by atoms with Crippen LogP contribution in [-0.4, -0.2) is 27.8 Å². The van der Waals surface area contributed by atoms with Crippen LogP contribution in [0.4, 0.5) is 17.3 Å². The van der Waals surface area contributed by atoms with E-state index in [2.05, 4.69) is 0 Å². The van der Waals surface area contributed by atoms with Crippen LogP contribution in [0.5, 0.6) is 0 Å². The zero-order valence-corrected chi connectivity index (χ0v) is 13.7. The molecule has 0 aliphatic carbocycles. The van der Waals surface area contributed by atoms with E-state index in [0.717, 1.165) is 11.0 Å². The molecule has 0 saturated heterocycles. The third kappa shape index (κ3) is 5.46. The smallest absolute Gasteiger partial charge is 0.418 e. The van der Waals surface area contributed by atoms with E-state index in [9.17, 15) is 30.5 Å². The van der Waals surface area contributed by atoms with Gasteiger partial charge in [-0.1, -0.05) is 27.4 Å². The Bertz CT molecular complexity index is 814. The molecule has 0 aliphatic heterocycles. The van der Waals surface area contributed by atoms with E-state index in [0.29, 0.717) is 10.5 Å². The zero-order valence-electron chi connectivity index (χ0n) is 12.0. The normalized spacial score (nSPS) is 13.3. The van der Waals surface area contributed by atoms with E-state index < -0.39 is 29.1 Å². The summed E-state index contributed by atoms with van der Waals surface area (Å²) in [7, 11) is -9.48. The number of aromatic nitrogens is 1. The van der Waals surface area contributed by atoms with Crippen LogP contribution in [0.3, 0.4) is 0 Å². The Morgan fingerprint density at radius 1 is 1.26 bits per heavy atom. The number of halogens is 4. The number of fused-ring (bicyclic) bond motifs is 1. The largest absolute Gasteiger partial charge is 0.673 e. The van der Waals surface area contributed by atoms with Crippen molar-refractivity contribution in [1.82, 2.24) is 0 Å². The molecule has 128 valence electrons. The van der Waals surface area contributed by atoms with Gasteiger partial charge in [0.2, 0.25) is 11.4 Å². The fourth-order valence-corrected chi connectivity index (χ4v) is 4.40. The molecule has 0 bridgehead atoms. The Morgan fingerprint density at radius 3 is 2.17 bits per heavy atom. The van der Waals surface area contributed by atoms with E-state index in [4.69, 9.17) is 5.73 Å². The van der Waals surface area contributed by atoms with Crippen LogP contribution in [0, 0.1) is 0 Å². The summed E-state index contributed by atoms with van der Waals surface area (Å²) in [5.41, 5.74) is 5.84. The quantitative estimate of drug-likeness (QED) is 0.508. The van der Waals surface area contributed by atoms with E-state index >= 15 is 0 Å². The number of benzene rings is 1. The van der Waals surface area contributed by atoms with Crippen molar-refractivity contribution in [3.8, 4) is 0 Å². The lowest BCUT2D eigenvalue weighted by molar-refractivity contribution is -0.485. The van der Waals surface area contributed by atoms with Crippen molar-refractivity contribution < 1.29 is 34.4 Å². The number of primary amides is 1. The van der Waals surface area contributed by atoms with Gasteiger partial charge in [0.25, 0.3) is 5.01 Å². The third-order valence-electron chi connectivity index (χ3n) is 2.63. The molecular formula is C11H13BF4N2O3S2. The number of thiazole rings is 1. The van der Waals surface area contributed by atoms with Crippen LogP contribution in [-0.2, 0) is 14.8 Å². The number of para-hydroxylation sites is 1. The predicted octanol–water partition coefficient (Wildman–Crippen LogP) is 1.89. The maximum absolute atomic E-state index is 11.9. The standard InChI is InChI=1S/C11H12N2O3S2.BF4/c1-7(10(12)14)11-13(18(2,15)16)8-5-3-4-6-9(8)17-11;2-1(3,4)5/h3-7H,1-2H3,(H-,12,14);/q;-1/p+1. The second kappa shape index (κ2) is 6.83. The van der Waals surface area contributed by atoms with Gasteiger partial charge in [0.1, 0.15) is 10.6 Å². The van der Waals surface area contributed by atoms with Gasteiger partial charge in [-0.15, -0.1) is 0 Å². The van der Waals surface area contributed by atoms with Gasteiger partial charge in [-0.05, 0) is 13.0 Å². The molecule has 0 fully saturated rings. The number of amides is 1. The fraction of sp³-hybridized carbons (Fsp3) is 0.273. The van der Waals surface area contributed by atoms with Crippen LogP contribution in [0.15, 0.2) is 24.3 Å². The van der Waals surface area contributed by atoms with E-state index in [-0.39, 0.29) is 0 Å². The first-order valence-electron chi connectivity index (χ1n) is 6.13. The molecule has 0 aliphatic rings. The van der Waals surface area contributed by atoms with Gasteiger partial charge in [0.15, 0.2) is 0 Å². The van der Waals surface area contributed by atoms with Gasteiger partial charge >= 0.3 is 17.3 Å². The number of hydrogen-bond acceptors (Lipinski definition) is 4. The number of nitrogens with two attached hydrogens (primary N) is 1. The molecule has 2 aromatic rings. The van der Waals surface area contributed by atoms with Crippen molar-refractivity contribution in [2.75, 3.05) is 6.26 Å². The number of carbonyl (C=O) groups is 1. The highest BCUT2D eigenvalue weighted by Gasteiger charge is 2.34. The molecule has 0 radical (unpaired) electrons. The molecule has 2 N–H and O–H groups in total. The summed E-state index contributed by atoms with van der Waals surface area (Å²) in [6, 6.07) is 7.11. The highest BCUT2D eigenvalue weighted by molar-refractivity contribution is 7.84. The minimum atomic E-state index is -6.00. The van der Waals surface area contributed by atoms with Crippen molar-refractivity contribution in [2.24, 2.45) is 5.73 Å². The van der Waals surface area contributed by atoms with E-state index in [1.54, 1.807) is 19.1 Å². The van der Waals surface area contributed by atoms with Crippen molar-refractivity contribution in [3.05, 3.63) is 29.3 Å². The molecule has 2 rings (SSSR count). The highest BCUT2D eigenvalue weighted by atomic mass is 32.2. The molecular weight excluding hydrogens is 359 g/mol.